The molecule has 2 atom stereocenters. The number of carboxylic acid groups (broad SMARTS) is 1. The van der Waals surface area contributed by atoms with E-state index in [0.29, 0.717) is 22.2 Å². The zero-order valence-corrected chi connectivity index (χ0v) is 10.1. The zero-order chi connectivity index (χ0) is 12.6. The van der Waals surface area contributed by atoms with Crippen LogP contribution in [0.5, 0.6) is 0 Å². The highest BCUT2D eigenvalue weighted by Gasteiger charge is 2.48. The number of aliphatic carboxylic acids is 1. The number of para-hydroxylation sites is 1. The molecular formula is C11H9Cl2NO3. The van der Waals surface area contributed by atoms with Gasteiger partial charge in [-0.3, -0.25) is 9.59 Å². The first kappa shape index (κ1) is 12.2. The molecule has 2 rings (SSSR count). The molecule has 0 saturated heterocycles. The number of anilines is 1. The second-order valence-electron chi connectivity index (χ2n) is 3.87. The molecule has 1 fully saturated rings. The molecule has 6 heteroatoms. The monoisotopic (exact) mass is 273 g/mol. The van der Waals surface area contributed by atoms with Gasteiger partial charge in [0.2, 0.25) is 5.91 Å². The lowest BCUT2D eigenvalue weighted by Crippen LogP contribution is -2.17. The maximum Gasteiger partial charge on any atom is 0.307 e. The average molecular weight is 274 g/mol. The van der Waals surface area contributed by atoms with Crippen molar-refractivity contribution in [3.05, 3.63) is 28.2 Å². The molecule has 1 saturated carbocycles. The van der Waals surface area contributed by atoms with E-state index < -0.39 is 17.8 Å². The lowest BCUT2D eigenvalue weighted by Gasteiger charge is -2.08. The van der Waals surface area contributed by atoms with E-state index >= 15 is 0 Å². The van der Waals surface area contributed by atoms with Gasteiger partial charge in [0.25, 0.3) is 0 Å². The normalized spacial score (nSPS) is 22.0. The summed E-state index contributed by atoms with van der Waals surface area (Å²) in [4.78, 5) is 22.3. The number of hydrogen-bond acceptors (Lipinski definition) is 2. The highest BCUT2D eigenvalue weighted by atomic mass is 35.5. The summed E-state index contributed by atoms with van der Waals surface area (Å²) in [6, 6.07) is 4.87. The van der Waals surface area contributed by atoms with E-state index in [2.05, 4.69) is 5.32 Å². The van der Waals surface area contributed by atoms with Crippen molar-refractivity contribution in [3.8, 4) is 0 Å². The highest BCUT2D eigenvalue weighted by Crippen LogP contribution is 2.40. The van der Waals surface area contributed by atoms with Gasteiger partial charge in [0, 0.05) is 0 Å². The van der Waals surface area contributed by atoms with Gasteiger partial charge >= 0.3 is 5.97 Å². The summed E-state index contributed by atoms with van der Waals surface area (Å²) in [7, 11) is 0. The van der Waals surface area contributed by atoms with Gasteiger partial charge in [0.1, 0.15) is 0 Å². The third-order valence-corrected chi connectivity index (χ3v) is 3.29. The molecule has 2 unspecified atom stereocenters. The van der Waals surface area contributed by atoms with Crippen molar-refractivity contribution in [2.75, 3.05) is 5.32 Å². The van der Waals surface area contributed by atoms with Crippen LogP contribution in [-0.2, 0) is 9.59 Å². The molecule has 0 spiro atoms. The minimum atomic E-state index is -0.949. The Morgan fingerprint density at radius 3 is 2.29 bits per heavy atom. The van der Waals surface area contributed by atoms with Crippen LogP contribution in [0.1, 0.15) is 6.42 Å². The molecule has 1 aromatic rings. The molecule has 2 N–H and O–H groups in total. The van der Waals surface area contributed by atoms with Crippen LogP contribution in [0.2, 0.25) is 10.0 Å². The number of amides is 1. The van der Waals surface area contributed by atoms with Crippen LogP contribution in [-0.4, -0.2) is 17.0 Å². The molecule has 17 heavy (non-hydrogen) atoms. The molecule has 0 aromatic heterocycles. The Bertz CT molecular complexity index is 469. The van der Waals surface area contributed by atoms with Crippen LogP contribution in [0.15, 0.2) is 18.2 Å². The van der Waals surface area contributed by atoms with Gasteiger partial charge in [-0.2, -0.15) is 0 Å². The second kappa shape index (κ2) is 4.55. The number of carbonyl (C=O) groups is 2. The Labute approximate surface area is 108 Å². The first-order valence-corrected chi connectivity index (χ1v) is 5.74. The Morgan fingerprint density at radius 2 is 1.82 bits per heavy atom. The number of carboxylic acids is 1. The number of halogens is 2. The van der Waals surface area contributed by atoms with Gasteiger partial charge in [-0.05, 0) is 18.6 Å². The molecule has 0 bridgehead atoms. The smallest absolute Gasteiger partial charge is 0.307 e. The largest absolute Gasteiger partial charge is 0.481 e. The predicted molar refractivity (Wildman–Crippen MR) is 64.3 cm³/mol. The van der Waals surface area contributed by atoms with E-state index in [9.17, 15) is 9.59 Å². The van der Waals surface area contributed by atoms with Crippen molar-refractivity contribution in [3.63, 3.8) is 0 Å². The highest BCUT2D eigenvalue weighted by molar-refractivity contribution is 6.39. The van der Waals surface area contributed by atoms with Crippen LogP contribution in [0.25, 0.3) is 0 Å². The van der Waals surface area contributed by atoms with Gasteiger partial charge in [0.05, 0.1) is 27.6 Å². The summed E-state index contributed by atoms with van der Waals surface area (Å²) in [5.74, 6) is -2.38. The van der Waals surface area contributed by atoms with Crippen LogP contribution in [0.4, 0.5) is 5.69 Å². The van der Waals surface area contributed by atoms with Gasteiger partial charge in [-0.1, -0.05) is 29.3 Å². The summed E-state index contributed by atoms with van der Waals surface area (Å²) in [6.45, 7) is 0. The minimum Gasteiger partial charge on any atom is -0.481 e. The lowest BCUT2D eigenvalue weighted by atomic mass is 10.2. The SMILES string of the molecule is O=C(O)C1CC1C(=O)Nc1c(Cl)cccc1Cl. The number of rotatable bonds is 3. The van der Waals surface area contributed by atoms with Crippen LogP contribution in [0.3, 0.4) is 0 Å². The quantitative estimate of drug-likeness (QED) is 0.890. The van der Waals surface area contributed by atoms with Crippen molar-refractivity contribution >= 4 is 40.8 Å². The molecule has 1 aromatic carbocycles. The molecule has 90 valence electrons. The van der Waals surface area contributed by atoms with Crippen molar-refractivity contribution in [2.24, 2.45) is 11.8 Å². The molecule has 0 radical (unpaired) electrons. The average Bonchev–Trinajstić information content (AvgIpc) is 3.03. The fourth-order valence-corrected chi connectivity index (χ4v) is 2.08. The number of carbonyl (C=O) groups excluding carboxylic acids is 1. The van der Waals surface area contributed by atoms with Crippen molar-refractivity contribution in [2.45, 2.75) is 6.42 Å². The van der Waals surface area contributed by atoms with E-state index in [4.69, 9.17) is 28.3 Å². The fourth-order valence-electron chi connectivity index (χ4n) is 1.59. The van der Waals surface area contributed by atoms with E-state index in [-0.39, 0.29) is 5.91 Å². The lowest BCUT2D eigenvalue weighted by molar-refractivity contribution is -0.139. The molecule has 0 heterocycles. The molecular weight excluding hydrogens is 265 g/mol. The Hall–Kier alpha value is -1.26. The van der Waals surface area contributed by atoms with Crippen molar-refractivity contribution in [1.82, 2.24) is 0 Å². The predicted octanol–water partition coefficient (Wildman–Crippen LogP) is 2.65. The Balaban J connectivity index is 2.07. The Morgan fingerprint density at radius 1 is 1.24 bits per heavy atom. The summed E-state index contributed by atoms with van der Waals surface area (Å²) >= 11 is 11.8. The summed E-state index contributed by atoms with van der Waals surface area (Å²) in [6.07, 6.45) is 0.364. The van der Waals surface area contributed by atoms with E-state index in [1.54, 1.807) is 18.2 Å². The van der Waals surface area contributed by atoms with Crippen LogP contribution in [0, 0.1) is 11.8 Å². The molecule has 1 aliphatic rings. The van der Waals surface area contributed by atoms with E-state index in [1.807, 2.05) is 0 Å². The fraction of sp³-hybridized carbons (Fsp3) is 0.273. The number of hydrogen-bond donors (Lipinski definition) is 2. The molecule has 1 amide bonds. The summed E-state index contributed by atoms with van der Waals surface area (Å²) in [5.41, 5.74) is 0.330. The molecule has 1 aliphatic carbocycles. The van der Waals surface area contributed by atoms with Gasteiger partial charge in [-0.15, -0.1) is 0 Å². The first-order chi connectivity index (χ1) is 8.00. The van der Waals surface area contributed by atoms with Crippen molar-refractivity contribution in [1.29, 1.82) is 0 Å². The zero-order valence-electron chi connectivity index (χ0n) is 8.61. The van der Waals surface area contributed by atoms with Gasteiger partial charge in [-0.25, -0.2) is 0 Å². The van der Waals surface area contributed by atoms with Gasteiger partial charge in [0.15, 0.2) is 0 Å². The third-order valence-electron chi connectivity index (χ3n) is 2.66. The molecule has 0 aliphatic heterocycles. The van der Waals surface area contributed by atoms with Gasteiger partial charge < -0.3 is 10.4 Å². The van der Waals surface area contributed by atoms with E-state index in [1.165, 1.54) is 0 Å². The second-order valence-corrected chi connectivity index (χ2v) is 4.69. The first-order valence-electron chi connectivity index (χ1n) is 4.98. The number of nitrogens with one attached hydrogen (secondary N) is 1. The maximum atomic E-state index is 11.7. The topological polar surface area (TPSA) is 66.4 Å². The summed E-state index contributed by atoms with van der Waals surface area (Å²) in [5, 5.41) is 11.9. The number of benzene rings is 1. The Kier molecular flexibility index (Phi) is 3.26. The summed E-state index contributed by atoms with van der Waals surface area (Å²) < 4.78 is 0. The van der Waals surface area contributed by atoms with E-state index in [0.717, 1.165) is 0 Å². The van der Waals surface area contributed by atoms with Crippen LogP contribution < -0.4 is 5.32 Å². The van der Waals surface area contributed by atoms with Crippen LogP contribution >= 0.6 is 23.2 Å². The van der Waals surface area contributed by atoms with Crippen molar-refractivity contribution < 1.29 is 14.7 Å². The maximum absolute atomic E-state index is 11.7. The molecule has 4 nitrogen and oxygen atoms in total. The minimum absolute atomic E-state index is 0.330. The standard InChI is InChI=1S/C11H9Cl2NO3/c12-7-2-1-3-8(13)9(7)14-10(15)5-4-6(5)11(16)17/h1-3,5-6H,4H2,(H,14,15)(H,16,17). The third kappa shape index (κ3) is 2.53.